The van der Waals surface area contributed by atoms with Gasteiger partial charge in [-0.05, 0) is 29.3 Å². The molecule has 6 heteroatoms. The summed E-state index contributed by atoms with van der Waals surface area (Å²) in [5.74, 6) is -0.493. The van der Waals surface area contributed by atoms with E-state index in [1.54, 1.807) is 12.1 Å². The first-order valence-corrected chi connectivity index (χ1v) is 8.74. The van der Waals surface area contributed by atoms with Crippen LogP contribution in [0.15, 0.2) is 65.5 Å². The van der Waals surface area contributed by atoms with Crippen LogP contribution in [-0.4, -0.2) is 20.6 Å². The first-order chi connectivity index (χ1) is 13.1. The summed E-state index contributed by atoms with van der Waals surface area (Å²) in [6.07, 6.45) is 3.51. The predicted molar refractivity (Wildman–Crippen MR) is 100 cm³/mol. The molecule has 1 aliphatic rings. The standard InChI is InChI=1S/C21H17N3O3/c22-21(26)20-8-13-7-12(5-6-19(13)27-20)18(25)9-16-14-3-1-2-4-15(14)17-10-23-11-24(16)17/h1-8,10-11,16,18,25H,9H2,(H2,22,26). The summed E-state index contributed by atoms with van der Waals surface area (Å²) in [4.78, 5) is 15.6. The molecule has 2 unspecified atom stereocenters. The van der Waals surface area contributed by atoms with E-state index in [-0.39, 0.29) is 11.8 Å². The third-order valence-corrected chi connectivity index (χ3v) is 5.21. The summed E-state index contributed by atoms with van der Waals surface area (Å²) in [5.41, 5.74) is 10.0. The molecule has 2 atom stereocenters. The first-order valence-electron chi connectivity index (χ1n) is 8.74. The Morgan fingerprint density at radius 1 is 1.26 bits per heavy atom. The molecular weight excluding hydrogens is 342 g/mol. The minimum absolute atomic E-state index is 0.0231. The molecule has 4 aromatic rings. The van der Waals surface area contributed by atoms with Crippen molar-refractivity contribution in [2.75, 3.05) is 0 Å². The van der Waals surface area contributed by atoms with Crippen molar-refractivity contribution >= 4 is 16.9 Å². The van der Waals surface area contributed by atoms with Crippen LogP contribution in [0.3, 0.4) is 0 Å². The maximum absolute atomic E-state index is 11.3. The molecule has 2 aromatic heterocycles. The number of aliphatic hydroxyl groups is 1. The molecule has 0 fully saturated rings. The Bertz CT molecular complexity index is 1170. The van der Waals surface area contributed by atoms with Crippen molar-refractivity contribution in [2.24, 2.45) is 5.73 Å². The van der Waals surface area contributed by atoms with Gasteiger partial charge < -0.3 is 19.8 Å². The summed E-state index contributed by atoms with van der Waals surface area (Å²) in [6, 6.07) is 15.2. The van der Waals surface area contributed by atoms with Crippen molar-refractivity contribution in [1.29, 1.82) is 0 Å². The Morgan fingerprint density at radius 2 is 2.11 bits per heavy atom. The number of nitrogens with two attached hydrogens (primary N) is 1. The first kappa shape index (κ1) is 15.8. The van der Waals surface area contributed by atoms with E-state index < -0.39 is 12.0 Å². The van der Waals surface area contributed by atoms with Crippen LogP contribution in [0.5, 0.6) is 0 Å². The van der Waals surface area contributed by atoms with Gasteiger partial charge in [0, 0.05) is 17.4 Å². The fraction of sp³-hybridized carbons (Fsp3) is 0.143. The number of aliphatic hydroxyl groups excluding tert-OH is 1. The monoisotopic (exact) mass is 359 g/mol. The summed E-state index contributed by atoms with van der Waals surface area (Å²) < 4.78 is 7.52. The van der Waals surface area contributed by atoms with Crippen LogP contribution in [-0.2, 0) is 0 Å². The summed E-state index contributed by atoms with van der Waals surface area (Å²) in [5, 5.41) is 11.6. The van der Waals surface area contributed by atoms with Crippen LogP contribution in [0.1, 0.15) is 40.2 Å². The summed E-state index contributed by atoms with van der Waals surface area (Å²) in [6.45, 7) is 0. The minimum atomic E-state index is -0.673. The topological polar surface area (TPSA) is 94.3 Å². The number of primary amides is 1. The number of amides is 1. The molecule has 3 N–H and O–H groups in total. The molecule has 0 radical (unpaired) electrons. The van der Waals surface area contributed by atoms with Crippen molar-refractivity contribution in [3.05, 3.63) is 77.9 Å². The molecule has 3 heterocycles. The number of carbonyl (C=O) groups excluding carboxylic acids is 1. The third kappa shape index (κ3) is 2.45. The number of carbonyl (C=O) groups is 1. The van der Waals surface area contributed by atoms with Crippen LogP contribution >= 0.6 is 0 Å². The van der Waals surface area contributed by atoms with Crippen LogP contribution < -0.4 is 5.73 Å². The quantitative estimate of drug-likeness (QED) is 0.584. The second-order valence-electron chi connectivity index (χ2n) is 6.81. The van der Waals surface area contributed by atoms with Gasteiger partial charge >= 0.3 is 0 Å². The van der Waals surface area contributed by atoms with E-state index >= 15 is 0 Å². The molecule has 0 spiro atoms. The molecule has 0 saturated carbocycles. The highest BCUT2D eigenvalue weighted by Crippen LogP contribution is 2.43. The van der Waals surface area contributed by atoms with Gasteiger partial charge in [-0.1, -0.05) is 30.3 Å². The van der Waals surface area contributed by atoms with E-state index in [0.29, 0.717) is 12.0 Å². The van der Waals surface area contributed by atoms with Crippen molar-refractivity contribution in [3.63, 3.8) is 0 Å². The van der Waals surface area contributed by atoms with Gasteiger partial charge in [0.05, 0.1) is 30.4 Å². The fourth-order valence-electron chi connectivity index (χ4n) is 3.91. The van der Waals surface area contributed by atoms with Crippen molar-refractivity contribution in [2.45, 2.75) is 18.6 Å². The highest BCUT2D eigenvalue weighted by atomic mass is 16.3. The number of fused-ring (bicyclic) bond motifs is 4. The number of furan rings is 1. The Balaban J connectivity index is 1.48. The van der Waals surface area contributed by atoms with E-state index in [9.17, 15) is 9.90 Å². The normalized spacial score (nSPS) is 16.3. The average Bonchev–Trinajstić information content (AvgIpc) is 3.37. The van der Waals surface area contributed by atoms with Crippen LogP contribution in [0, 0.1) is 0 Å². The lowest BCUT2D eigenvalue weighted by molar-refractivity contribution is 0.0976. The van der Waals surface area contributed by atoms with E-state index in [1.807, 2.05) is 36.8 Å². The second-order valence-corrected chi connectivity index (χ2v) is 6.81. The van der Waals surface area contributed by atoms with Crippen molar-refractivity contribution in [3.8, 4) is 11.3 Å². The molecule has 1 amide bonds. The zero-order valence-electron chi connectivity index (χ0n) is 14.4. The van der Waals surface area contributed by atoms with Gasteiger partial charge in [0.25, 0.3) is 5.91 Å². The van der Waals surface area contributed by atoms with Gasteiger partial charge in [-0.25, -0.2) is 4.98 Å². The molecule has 134 valence electrons. The zero-order valence-corrected chi connectivity index (χ0v) is 14.4. The van der Waals surface area contributed by atoms with Gasteiger partial charge in [-0.2, -0.15) is 0 Å². The summed E-state index contributed by atoms with van der Waals surface area (Å²) in [7, 11) is 0. The maximum Gasteiger partial charge on any atom is 0.284 e. The number of aromatic nitrogens is 2. The average molecular weight is 359 g/mol. The molecule has 2 aromatic carbocycles. The van der Waals surface area contributed by atoms with E-state index in [0.717, 1.165) is 22.2 Å². The van der Waals surface area contributed by atoms with Crippen LogP contribution in [0.25, 0.3) is 22.2 Å². The molecule has 0 aliphatic carbocycles. The Kier molecular flexibility index (Phi) is 3.42. The molecule has 5 rings (SSSR count). The Morgan fingerprint density at radius 3 is 2.96 bits per heavy atom. The van der Waals surface area contributed by atoms with Gasteiger partial charge in [0.2, 0.25) is 0 Å². The lowest BCUT2D eigenvalue weighted by atomic mass is 9.95. The molecule has 6 nitrogen and oxygen atoms in total. The van der Waals surface area contributed by atoms with Crippen molar-refractivity contribution in [1.82, 2.24) is 9.55 Å². The predicted octanol–water partition coefficient (Wildman–Crippen LogP) is 3.42. The number of benzene rings is 2. The van der Waals surface area contributed by atoms with E-state index in [2.05, 4.69) is 21.7 Å². The second kappa shape index (κ2) is 5.82. The third-order valence-electron chi connectivity index (χ3n) is 5.21. The smallest absolute Gasteiger partial charge is 0.284 e. The Hall–Kier alpha value is -3.38. The summed E-state index contributed by atoms with van der Waals surface area (Å²) >= 11 is 0. The fourth-order valence-corrected chi connectivity index (χ4v) is 3.91. The van der Waals surface area contributed by atoms with Gasteiger partial charge in [-0.15, -0.1) is 0 Å². The van der Waals surface area contributed by atoms with Gasteiger partial charge in [-0.3, -0.25) is 4.79 Å². The number of imidazole rings is 1. The number of rotatable bonds is 4. The highest BCUT2D eigenvalue weighted by molar-refractivity contribution is 5.95. The SMILES string of the molecule is NC(=O)c1cc2cc(C(O)CC3c4ccccc4-c4cncn43)ccc2o1. The Labute approximate surface area is 154 Å². The van der Waals surface area contributed by atoms with Gasteiger partial charge in [0.15, 0.2) is 5.76 Å². The van der Waals surface area contributed by atoms with Gasteiger partial charge in [0.1, 0.15) is 5.58 Å². The zero-order chi connectivity index (χ0) is 18.5. The van der Waals surface area contributed by atoms with Crippen molar-refractivity contribution < 1.29 is 14.3 Å². The molecule has 27 heavy (non-hydrogen) atoms. The lowest BCUT2D eigenvalue weighted by Crippen LogP contribution is -2.10. The number of hydrogen-bond donors (Lipinski definition) is 2. The minimum Gasteiger partial charge on any atom is -0.451 e. The molecule has 0 saturated heterocycles. The van der Waals surface area contributed by atoms with Crippen LogP contribution in [0.2, 0.25) is 0 Å². The largest absolute Gasteiger partial charge is 0.451 e. The molecule has 0 bridgehead atoms. The van der Waals surface area contributed by atoms with E-state index in [1.165, 1.54) is 5.56 Å². The lowest BCUT2D eigenvalue weighted by Gasteiger charge is -2.19. The highest BCUT2D eigenvalue weighted by Gasteiger charge is 2.30. The molecule has 1 aliphatic heterocycles. The number of nitrogens with zero attached hydrogens (tertiary/aromatic N) is 2. The number of hydrogen-bond acceptors (Lipinski definition) is 4. The molecular formula is C21H17N3O3. The maximum atomic E-state index is 11.3. The van der Waals surface area contributed by atoms with E-state index in [4.69, 9.17) is 10.2 Å². The van der Waals surface area contributed by atoms with Crippen LogP contribution in [0.4, 0.5) is 0 Å².